The number of nitrogens with one attached hydrogen (secondary N) is 1. The summed E-state index contributed by atoms with van der Waals surface area (Å²) in [5, 5.41) is 3.56. The van der Waals surface area contributed by atoms with Crippen LogP contribution in [0.5, 0.6) is 0 Å². The van der Waals surface area contributed by atoms with Crippen molar-refractivity contribution in [1.29, 1.82) is 0 Å². The van der Waals surface area contributed by atoms with Gasteiger partial charge in [-0.1, -0.05) is 6.92 Å². The van der Waals surface area contributed by atoms with Crippen molar-refractivity contribution < 1.29 is 4.74 Å². The molecule has 0 saturated carbocycles. The van der Waals surface area contributed by atoms with Crippen LogP contribution >= 0.6 is 0 Å². The maximum atomic E-state index is 5.31. The first kappa shape index (κ1) is 18.1. The third kappa shape index (κ3) is 5.71. The predicted octanol–water partition coefficient (Wildman–Crippen LogP) is 3.37. The van der Waals surface area contributed by atoms with Crippen LogP contribution in [0.2, 0.25) is 0 Å². The molecular formula is C17H31N3O. The van der Waals surface area contributed by atoms with Crippen molar-refractivity contribution in [2.45, 2.75) is 66.5 Å². The first-order valence-electron chi connectivity index (χ1n) is 7.76. The molecule has 0 radical (unpaired) electrons. The molecule has 0 amide bonds. The van der Waals surface area contributed by atoms with Crippen molar-refractivity contribution in [3.63, 3.8) is 0 Å². The van der Waals surface area contributed by atoms with Crippen LogP contribution in [0.15, 0.2) is 0 Å². The topological polar surface area (TPSA) is 47.0 Å². The standard InChI is InChI=1S/C17H31N3O/c1-11(10-18-17(5,6)7)9-15-12(2)19-16(14(4)21-8)20-13(15)3/h11,14,18H,9-10H2,1-8H3. The molecule has 1 aromatic rings. The molecular weight excluding hydrogens is 262 g/mol. The Labute approximate surface area is 129 Å². The third-order valence-corrected chi connectivity index (χ3v) is 3.69. The number of rotatable bonds is 6. The molecule has 120 valence electrons. The zero-order valence-corrected chi connectivity index (χ0v) is 14.9. The molecule has 0 aliphatic rings. The summed E-state index contributed by atoms with van der Waals surface area (Å²) in [4.78, 5) is 9.22. The zero-order valence-electron chi connectivity index (χ0n) is 14.9. The average Bonchev–Trinajstić information content (AvgIpc) is 2.38. The maximum absolute atomic E-state index is 5.31. The number of aromatic nitrogens is 2. The molecule has 0 aliphatic carbocycles. The van der Waals surface area contributed by atoms with E-state index in [0.717, 1.165) is 30.2 Å². The molecule has 0 bridgehead atoms. The molecule has 1 N–H and O–H groups in total. The van der Waals surface area contributed by atoms with Crippen LogP contribution in [0, 0.1) is 19.8 Å². The fourth-order valence-corrected chi connectivity index (χ4v) is 2.25. The summed E-state index contributed by atoms with van der Waals surface area (Å²) < 4.78 is 5.31. The van der Waals surface area contributed by atoms with E-state index < -0.39 is 0 Å². The van der Waals surface area contributed by atoms with Crippen molar-refractivity contribution in [3.05, 3.63) is 22.8 Å². The second kappa shape index (κ2) is 7.32. The Kier molecular flexibility index (Phi) is 6.29. The number of hydrogen-bond acceptors (Lipinski definition) is 4. The molecule has 0 aromatic carbocycles. The Morgan fingerprint density at radius 1 is 1.10 bits per heavy atom. The van der Waals surface area contributed by atoms with Gasteiger partial charge in [0, 0.05) is 24.0 Å². The summed E-state index contributed by atoms with van der Waals surface area (Å²) in [6, 6.07) is 0. The molecule has 0 spiro atoms. The number of hydrogen-bond donors (Lipinski definition) is 1. The SMILES string of the molecule is COC(C)c1nc(C)c(CC(C)CNC(C)(C)C)c(C)n1. The average molecular weight is 293 g/mol. The maximum Gasteiger partial charge on any atom is 0.157 e. The second-order valence-corrected chi connectivity index (χ2v) is 7.05. The van der Waals surface area contributed by atoms with E-state index in [-0.39, 0.29) is 11.6 Å². The summed E-state index contributed by atoms with van der Waals surface area (Å²) in [7, 11) is 1.69. The molecule has 0 saturated heterocycles. The van der Waals surface area contributed by atoms with Gasteiger partial charge in [-0.3, -0.25) is 0 Å². The van der Waals surface area contributed by atoms with E-state index in [9.17, 15) is 0 Å². The van der Waals surface area contributed by atoms with Gasteiger partial charge in [-0.25, -0.2) is 9.97 Å². The summed E-state index contributed by atoms with van der Waals surface area (Å²) >= 11 is 0. The van der Waals surface area contributed by atoms with E-state index in [2.05, 4.69) is 56.8 Å². The molecule has 1 aromatic heterocycles. The number of aryl methyl sites for hydroxylation is 2. The quantitative estimate of drug-likeness (QED) is 0.873. The van der Waals surface area contributed by atoms with Crippen molar-refractivity contribution in [3.8, 4) is 0 Å². The number of methoxy groups -OCH3 is 1. The first-order chi connectivity index (χ1) is 9.64. The van der Waals surface area contributed by atoms with E-state index in [1.165, 1.54) is 5.56 Å². The van der Waals surface area contributed by atoms with E-state index in [0.29, 0.717) is 5.92 Å². The minimum atomic E-state index is -0.0589. The lowest BCUT2D eigenvalue weighted by molar-refractivity contribution is 0.111. The van der Waals surface area contributed by atoms with Gasteiger partial charge in [0.05, 0.1) is 0 Å². The van der Waals surface area contributed by atoms with E-state index in [4.69, 9.17) is 4.74 Å². The van der Waals surface area contributed by atoms with Crippen LogP contribution < -0.4 is 5.32 Å². The Balaban J connectivity index is 2.80. The summed E-state index contributed by atoms with van der Waals surface area (Å²) in [6.07, 6.45) is 0.944. The van der Waals surface area contributed by atoms with Crippen LogP contribution in [0.4, 0.5) is 0 Å². The van der Waals surface area contributed by atoms with Crippen LogP contribution in [0.1, 0.15) is 63.5 Å². The molecule has 1 heterocycles. The molecule has 2 atom stereocenters. The van der Waals surface area contributed by atoms with Crippen molar-refractivity contribution >= 4 is 0 Å². The van der Waals surface area contributed by atoms with Crippen molar-refractivity contribution in [1.82, 2.24) is 15.3 Å². The monoisotopic (exact) mass is 293 g/mol. The van der Waals surface area contributed by atoms with Gasteiger partial charge in [0.2, 0.25) is 0 Å². The minimum Gasteiger partial charge on any atom is -0.374 e. The summed E-state index contributed by atoms with van der Waals surface area (Å²) in [5.41, 5.74) is 3.57. The van der Waals surface area contributed by atoms with Gasteiger partial charge in [-0.2, -0.15) is 0 Å². The van der Waals surface area contributed by atoms with Crippen LogP contribution in [0.25, 0.3) is 0 Å². The third-order valence-electron chi connectivity index (χ3n) is 3.69. The number of nitrogens with zero attached hydrogens (tertiary/aromatic N) is 2. The first-order valence-corrected chi connectivity index (χ1v) is 7.76. The lowest BCUT2D eigenvalue weighted by atomic mass is 9.97. The molecule has 4 nitrogen and oxygen atoms in total. The molecule has 1 rings (SSSR count). The summed E-state index contributed by atoms with van der Waals surface area (Å²) in [6.45, 7) is 16.0. The van der Waals surface area contributed by atoms with Gasteiger partial charge in [-0.15, -0.1) is 0 Å². The van der Waals surface area contributed by atoms with Gasteiger partial charge < -0.3 is 10.1 Å². The van der Waals surface area contributed by atoms with Gasteiger partial charge in [0.25, 0.3) is 0 Å². The predicted molar refractivity (Wildman–Crippen MR) is 87.6 cm³/mol. The van der Waals surface area contributed by atoms with Gasteiger partial charge in [0.1, 0.15) is 6.10 Å². The van der Waals surface area contributed by atoms with Crippen molar-refractivity contribution in [2.75, 3.05) is 13.7 Å². The van der Waals surface area contributed by atoms with Gasteiger partial charge in [0.15, 0.2) is 5.82 Å². The van der Waals surface area contributed by atoms with E-state index >= 15 is 0 Å². The van der Waals surface area contributed by atoms with E-state index in [1.807, 2.05) is 6.92 Å². The van der Waals surface area contributed by atoms with Gasteiger partial charge in [-0.05, 0) is 66.0 Å². The smallest absolute Gasteiger partial charge is 0.157 e. The minimum absolute atomic E-state index is 0.0589. The zero-order chi connectivity index (χ0) is 16.2. The van der Waals surface area contributed by atoms with Crippen LogP contribution in [0.3, 0.4) is 0 Å². The number of ether oxygens (including phenoxy) is 1. The Hall–Kier alpha value is -1.00. The summed E-state index contributed by atoms with van der Waals surface area (Å²) in [5.74, 6) is 1.33. The highest BCUT2D eigenvalue weighted by molar-refractivity contribution is 5.25. The molecule has 4 heteroatoms. The Morgan fingerprint density at radius 3 is 2.05 bits per heavy atom. The highest BCUT2D eigenvalue weighted by atomic mass is 16.5. The van der Waals surface area contributed by atoms with Crippen LogP contribution in [-0.4, -0.2) is 29.2 Å². The van der Waals surface area contributed by atoms with E-state index in [1.54, 1.807) is 7.11 Å². The fourth-order valence-electron chi connectivity index (χ4n) is 2.25. The molecule has 21 heavy (non-hydrogen) atoms. The Bertz CT molecular complexity index is 443. The molecule has 2 unspecified atom stereocenters. The molecule has 0 aliphatic heterocycles. The highest BCUT2D eigenvalue weighted by Gasteiger charge is 2.16. The highest BCUT2D eigenvalue weighted by Crippen LogP contribution is 2.19. The van der Waals surface area contributed by atoms with Crippen molar-refractivity contribution in [2.24, 2.45) is 5.92 Å². The normalized spacial score (nSPS) is 15.0. The molecule has 0 fully saturated rings. The lowest BCUT2D eigenvalue weighted by Gasteiger charge is -2.24. The Morgan fingerprint density at radius 2 is 1.62 bits per heavy atom. The van der Waals surface area contributed by atoms with Gasteiger partial charge >= 0.3 is 0 Å². The second-order valence-electron chi connectivity index (χ2n) is 7.05. The van der Waals surface area contributed by atoms with Crippen LogP contribution in [-0.2, 0) is 11.2 Å². The largest absolute Gasteiger partial charge is 0.374 e. The lowest BCUT2D eigenvalue weighted by Crippen LogP contribution is -2.39. The fraction of sp³-hybridized carbons (Fsp3) is 0.765.